The topological polar surface area (TPSA) is 104 Å². The first kappa shape index (κ1) is 15.0. The molecular weight excluding hydrogens is 276 g/mol. The molecule has 0 spiro atoms. The minimum absolute atomic E-state index is 0.0405. The van der Waals surface area contributed by atoms with Crippen LogP contribution in [0.25, 0.3) is 11.0 Å². The molecule has 0 saturated carbocycles. The lowest BCUT2D eigenvalue weighted by Gasteiger charge is -2.16. The van der Waals surface area contributed by atoms with E-state index in [2.05, 4.69) is 0 Å². The molecule has 1 aromatic carbocycles. The zero-order chi connectivity index (χ0) is 15.4. The zero-order valence-corrected chi connectivity index (χ0v) is 11.7. The summed E-state index contributed by atoms with van der Waals surface area (Å²) in [6, 6.07) is 6.41. The number of hydrogen-bond acceptors (Lipinski definition) is 6. The minimum atomic E-state index is -0.894. The highest BCUT2D eigenvalue weighted by Crippen LogP contribution is 2.23. The number of hydrazine groups is 1. The minimum Gasteiger partial charge on any atom is -0.478 e. The van der Waals surface area contributed by atoms with Crippen LogP contribution >= 0.6 is 0 Å². The third-order valence-electron chi connectivity index (χ3n) is 2.95. The average molecular weight is 292 g/mol. The van der Waals surface area contributed by atoms with Crippen molar-refractivity contribution in [3.63, 3.8) is 0 Å². The molecule has 2 aromatic rings. The van der Waals surface area contributed by atoms with Gasteiger partial charge in [0.15, 0.2) is 0 Å². The third-order valence-corrected chi connectivity index (χ3v) is 2.95. The van der Waals surface area contributed by atoms with Crippen LogP contribution in [0, 0.1) is 6.92 Å². The molecular formula is C14H16N2O5. The van der Waals surface area contributed by atoms with Gasteiger partial charge in [-0.15, -0.1) is 0 Å². The molecule has 1 atom stereocenters. The van der Waals surface area contributed by atoms with Gasteiger partial charge < -0.3 is 13.9 Å². The molecule has 0 aliphatic carbocycles. The van der Waals surface area contributed by atoms with Crippen molar-refractivity contribution in [3.05, 3.63) is 40.2 Å². The summed E-state index contributed by atoms with van der Waals surface area (Å²) in [6.45, 7) is 1.86. The average Bonchev–Trinajstić information content (AvgIpc) is 2.45. The molecule has 1 aromatic heterocycles. The van der Waals surface area contributed by atoms with Crippen LogP contribution < -0.4 is 21.6 Å². The molecule has 0 saturated heterocycles. The van der Waals surface area contributed by atoms with E-state index in [0.717, 1.165) is 10.9 Å². The molecule has 0 aliphatic rings. The van der Waals surface area contributed by atoms with Gasteiger partial charge in [-0.05, 0) is 24.6 Å². The molecule has 0 aliphatic heterocycles. The maximum atomic E-state index is 11.6. The first-order valence-electron chi connectivity index (χ1n) is 6.25. The van der Waals surface area contributed by atoms with Gasteiger partial charge >= 0.3 is 5.63 Å². The first-order chi connectivity index (χ1) is 10.0. The molecule has 0 radical (unpaired) electrons. The predicted molar refractivity (Wildman–Crippen MR) is 75.8 cm³/mol. The number of aryl methyl sites for hydroxylation is 1. The Bertz CT molecular complexity index is 710. The van der Waals surface area contributed by atoms with Crippen LogP contribution in [0.5, 0.6) is 5.75 Å². The normalized spacial score (nSPS) is 12.1. The number of carbonyl (C=O) groups excluding carboxylic acids is 1. The van der Waals surface area contributed by atoms with E-state index in [1.54, 1.807) is 18.2 Å². The van der Waals surface area contributed by atoms with Gasteiger partial charge in [0.1, 0.15) is 11.3 Å². The largest absolute Gasteiger partial charge is 0.478 e. The summed E-state index contributed by atoms with van der Waals surface area (Å²) < 4.78 is 15.5. The Hall–Kier alpha value is -2.38. The Morgan fingerprint density at radius 3 is 2.86 bits per heavy atom. The van der Waals surface area contributed by atoms with Crippen molar-refractivity contribution >= 4 is 16.9 Å². The van der Waals surface area contributed by atoms with Crippen molar-refractivity contribution in [2.45, 2.75) is 13.0 Å². The number of hydrogen-bond donors (Lipinski definition) is 2. The lowest BCUT2D eigenvalue weighted by atomic mass is 10.1. The van der Waals surface area contributed by atoms with E-state index < -0.39 is 17.6 Å². The number of carbonyl (C=O) groups is 1. The third kappa shape index (κ3) is 3.39. The van der Waals surface area contributed by atoms with E-state index in [-0.39, 0.29) is 6.61 Å². The zero-order valence-electron chi connectivity index (χ0n) is 11.7. The monoisotopic (exact) mass is 292 g/mol. The maximum absolute atomic E-state index is 11.6. The summed E-state index contributed by atoms with van der Waals surface area (Å²) in [4.78, 5) is 23.0. The number of nitrogens with two attached hydrogens (primary N) is 1. The standard InChI is InChI=1S/C14H16N2O5/c1-8-5-13(17)21-11-6-9(3-4-10(8)11)20-12(7-19-2)14(18)16-15/h3-6,12H,7,15H2,1-2H3,(H,16,18). The molecule has 7 heteroatoms. The number of amides is 1. The smallest absolute Gasteiger partial charge is 0.336 e. The molecule has 112 valence electrons. The van der Waals surface area contributed by atoms with Gasteiger partial charge in [-0.25, -0.2) is 10.6 Å². The maximum Gasteiger partial charge on any atom is 0.336 e. The van der Waals surface area contributed by atoms with Crippen molar-refractivity contribution in [2.24, 2.45) is 5.84 Å². The summed E-state index contributed by atoms with van der Waals surface area (Å²) >= 11 is 0. The van der Waals surface area contributed by atoms with Gasteiger partial charge in [-0.1, -0.05) is 0 Å². The van der Waals surface area contributed by atoms with Crippen LogP contribution in [0.3, 0.4) is 0 Å². The quantitative estimate of drug-likeness (QED) is 0.359. The van der Waals surface area contributed by atoms with Crippen molar-refractivity contribution in [1.29, 1.82) is 0 Å². The van der Waals surface area contributed by atoms with E-state index in [1.165, 1.54) is 13.2 Å². The SMILES string of the molecule is COCC(Oc1ccc2c(C)cc(=O)oc2c1)C(=O)NN. The second kappa shape index (κ2) is 6.38. The van der Waals surface area contributed by atoms with Gasteiger partial charge in [0.2, 0.25) is 6.10 Å². The lowest BCUT2D eigenvalue weighted by Crippen LogP contribution is -2.44. The van der Waals surface area contributed by atoms with Crippen LogP contribution in [0.1, 0.15) is 5.56 Å². The van der Waals surface area contributed by atoms with E-state index >= 15 is 0 Å². The van der Waals surface area contributed by atoms with E-state index in [4.69, 9.17) is 19.7 Å². The van der Waals surface area contributed by atoms with Gasteiger partial charge in [0.25, 0.3) is 5.91 Å². The highest BCUT2D eigenvalue weighted by Gasteiger charge is 2.19. The van der Waals surface area contributed by atoms with Crippen LogP contribution in [-0.2, 0) is 9.53 Å². The lowest BCUT2D eigenvalue weighted by molar-refractivity contribution is -0.130. The van der Waals surface area contributed by atoms with Crippen molar-refractivity contribution in [1.82, 2.24) is 5.43 Å². The summed E-state index contributed by atoms with van der Waals surface area (Å²) in [7, 11) is 1.45. The molecule has 21 heavy (non-hydrogen) atoms. The van der Waals surface area contributed by atoms with Crippen molar-refractivity contribution in [3.8, 4) is 5.75 Å². The molecule has 2 rings (SSSR count). The molecule has 0 fully saturated rings. The number of rotatable bonds is 5. The second-order valence-electron chi connectivity index (χ2n) is 4.48. The van der Waals surface area contributed by atoms with Gasteiger partial charge in [0, 0.05) is 24.6 Å². The van der Waals surface area contributed by atoms with Gasteiger partial charge in [-0.2, -0.15) is 0 Å². The van der Waals surface area contributed by atoms with Crippen LogP contribution in [0.2, 0.25) is 0 Å². The number of fused-ring (bicyclic) bond motifs is 1. The summed E-state index contributed by atoms with van der Waals surface area (Å²) in [6.07, 6.45) is -0.894. The van der Waals surface area contributed by atoms with Crippen LogP contribution in [0.15, 0.2) is 33.5 Å². The van der Waals surface area contributed by atoms with Crippen molar-refractivity contribution in [2.75, 3.05) is 13.7 Å². The van der Waals surface area contributed by atoms with Crippen LogP contribution in [0.4, 0.5) is 0 Å². The Morgan fingerprint density at radius 2 is 2.19 bits per heavy atom. The Morgan fingerprint density at radius 1 is 1.43 bits per heavy atom. The molecule has 1 amide bonds. The van der Waals surface area contributed by atoms with Gasteiger partial charge in [0.05, 0.1) is 6.61 Å². The Kier molecular flexibility index (Phi) is 4.56. The van der Waals surface area contributed by atoms with Gasteiger partial charge in [-0.3, -0.25) is 10.2 Å². The number of methoxy groups -OCH3 is 1. The second-order valence-corrected chi connectivity index (χ2v) is 4.48. The van der Waals surface area contributed by atoms with Crippen LogP contribution in [-0.4, -0.2) is 25.7 Å². The fourth-order valence-corrected chi connectivity index (χ4v) is 1.95. The molecule has 0 bridgehead atoms. The van der Waals surface area contributed by atoms with E-state index in [0.29, 0.717) is 11.3 Å². The first-order valence-corrected chi connectivity index (χ1v) is 6.25. The Labute approximate surface area is 120 Å². The predicted octanol–water partition coefficient (Wildman–Crippen LogP) is 0.485. The summed E-state index contributed by atoms with van der Waals surface area (Å²) in [5.74, 6) is 4.96. The molecule has 7 nitrogen and oxygen atoms in total. The van der Waals surface area contributed by atoms with Crippen molar-refractivity contribution < 1.29 is 18.7 Å². The Balaban J connectivity index is 2.34. The highest BCUT2D eigenvalue weighted by atomic mass is 16.5. The summed E-state index contributed by atoms with van der Waals surface area (Å²) in [5.41, 5.74) is 2.77. The fraction of sp³-hybridized carbons (Fsp3) is 0.286. The fourth-order valence-electron chi connectivity index (χ4n) is 1.95. The number of nitrogens with one attached hydrogen (secondary N) is 1. The number of ether oxygens (including phenoxy) is 2. The van der Waals surface area contributed by atoms with E-state index in [1.807, 2.05) is 12.3 Å². The molecule has 1 heterocycles. The van der Waals surface area contributed by atoms with E-state index in [9.17, 15) is 9.59 Å². The molecule has 1 unspecified atom stereocenters. The highest BCUT2D eigenvalue weighted by molar-refractivity contribution is 5.82. The number of benzene rings is 1. The summed E-state index contributed by atoms with van der Waals surface area (Å²) in [5, 5.41) is 0.800. The molecule has 3 N–H and O–H groups in total.